The van der Waals surface area contributed by atoms with Crippen molar-refractivity contribution in [2.45, 2.75) is 18.9 Å². The molecular weight excluding hydrogens is 300 g/mol. The third kappa shape index (κ3) is 2.31. The number of rotatable bonds is 3. The Morgan fingerprint density at radius 1 is 1.00 bits per heavy atom. The molecule has 2 aromatic carbocycles. The summed E-state index contributed by atoms with van der Waals surface area (Å²) in [5, 5.41) is 1.05. The molecule has 3 aromatic rings. The van der Waals surface area contributed by atoms with E-state index in [1.54, 1.807) is 7.05 Å². The van der Waals surface area contributed by atoms with E-state index in [2.05, 4.69) is 22.8 Å². The van der Waals surface area contributed by atoms with Crippen LogP contribution in [-0.4, -0.2) is 28.3 Å². The van der Waals surface area contributed by atoms with Crippen LogP contribution in [-0.2, 0) is 16.1 Å². The standard InChI is InChI=1S/C20H18N2O2/c1-21-19(23)11-16(20(21)24)17-13-22(12-14-7-3-2-4-8-14)18-10-6-5-9-15(17)18/h2-10,13,16H,11-12H2,1H3/t16-/m0/s1. The van der Waals surface area contributed by atoms with Gasteiger partial charge in [-0.2, -0.15) is 0 Å². The average Bonchev–Trinajstić information content (AvgIpc) is 3.09. The number of carbonyl (C=O) groups excluding carboxylic acids is 2. The van der Waals surface area contributed by atoms with Crippen molar-refractivity contribution in [3.63, 3.8) is 0 Å². The van der Waals surface area contributed by atoms with Crippen molar-refractivity contribution in [1.82, 2.24) is 9.47 Å². The number of likely N-dealkylation sites (tertiary alicyclic amines) is 1. The van der Waals surface area contributed by atoms with Gasteiger partial charge in [-0.15, -0.1) is 0 Å². The van der Waals surface area contributed by atoms with Crippen molar-refractivity contribution >= 4 is 22.7 Å². The Balaban J connectivity index is 1.80. The highest BCUT2D eigenvalue weighted by atomic mass is 16.2. The third-order valence-electron chi connectivity index (χ3n) is 4.77. The fourth-order valence-corrected chi connectivity index (χ4v) is 3.46. The van der Waals surface area contributed by atoms with Gasteiger partial charge in [0.15, 0.2) is 0 Å². The number of para-hydroxylation sites is 1. The number of fused-ring (bicyclic) bond motifs is 1. The van der Waals surface area contributed by atoms with Crippen molar-refractivity contribution in [2.24, 2.45) is 0 Å². The van der Waals surface area contributed by atoms with Crippen molar-refractivity contribution in [3.05, 3.63) is 71.9 Å². The smallest absolute Gasteiger partial charge is 0.237 e. The summed E-state index contributed by atoms with van der Waals surface area (Å²) >= 11 is 0. The van der Waals surface area contributed by atoms with Crippen LogP contribution in [0.15, 0.2) is 60.8 Å². The molecule has 0 aliphatic carbocycles. The second-order valence-electron chi connectivity index (χ2n) is 6.26. The third-order valence-corrected chi connectivity index (χ3v) is 4.77. The molecule has 1 aliphatic heterocycles. The fourth-order valence-electron chi connectivity index (χ4n) is 3.46. The second kappa shape index (κ2) is 5.64. The molecule has 1 aromatic heterocycles. The summed E-state index contributed by atoms with van der Waals surface area (Å²) in [6.45, 7) is 0.742. The van der Waals surface area contributed by atoms with Crippen LogP contribution in [0.3, 0.4) is 0 Å². The van der Waals surface area contributed by atoms with Gasteiger partial charge in [-0.1, -0.05) is 48.5 Å². The van der Waals surface area contributed by atoms with Gasteiger partial charge in [-0.25, -0.2) is 0 Å². The lowest BCUT2D eigenvalue weighted by molar-refractivity contribution is -0.137. The van der Waals surface area contributed by atoms with Gasteiger partial charge in [0.1, 0.15) is 0 Å². The summed E-state index contributed by atoms with van der Waals surface area (Å²) in [7, 11) is 1.56. The molecule has 2 heterocycles. The van der Waals surface area contributed by atoms with E-state index in [0.717, 1.165) is 23.0 Å². The predicted molar refractivity (Wildman–Crippen MR) is 92.6 cm³/mol. The topological polar surface area (TPSA) is 42.3 Å². The van der Waals surface area contributed by atoms with Gasteiger partial charge in [0.25, 0.3) is 0 Å². The van der Waals surface area contributed by atoms with Gasteiger partial charge in [0.05, 0.1) is 5.92 Å². The molecule has 0 radical (unpaired) electrons. The van der Waals surface area contributed by atoms with Gasteiger partial charge >= 0.3 is 0 Å². The molecule has 0 saturated carbocycles. The molecule has 4 nitrogen and oxygen atoms in total. The van der Waals surface area contributed by atoms with Crippen LogP contribution in [0.2, 0.25) is 0 Å². The van der Waals surface area contributed by atoms with Crippen LogP contribution in [0.4, 0.5) is 0 Å². The van der Waals surface area contributed by atoms with Gasteiger partial charge in [-0.05, 0) is 17.2 Å². The fraction of sp³-hybridized carbons (Fsp3) is 0.200. The lowest BCUT2D eigenvalue weighted by Gasteiger charge is -2.07. The minimum absolute atomic E-state index is 0.107. The van der Waals surface area contributed by atoms with Crippen LogP contribution in [0.5, 0.6) is 0 Å². The Morgan fingerprint density at radius 3 is 2.42 bits per heavy atom. The normalized spacial score (nSPS) is 17.9. The van der Waals surface area contributed by atoms with Gasteiger partial charge in [0, 0.05) is 37.1 Å². The Kier molecular flexibility index (Phi) is 3.45. The molecule has 1 atom stereocenters. The minimum Gasteiger partial charge on any atom is -0.343 e. The zero-order valence-electron chi connectivity index (χ0n) is 13.5. The van der Waals surface area contributed by atoms with Crippen LogP contribution in [0, 0.1) is 0 Å². The summed E-state index contributed by atoms with van der Waals surface area (Å²) < 4.78 is 2.16. The number of benzene rings is 2. The molecule has 120 valence electrons. The second-order valence-corrected chi connectivity index (χ2v) is 6.26. The Hall–Kier alpha value is -2.88. The predicted octanol–water partition coefficient (Wildman–Crippen LogP) is 3.16. The SMILES string of the molecule is CN1C(=O)C[C@@H](c2cn(Cc3ccccc3)c3ccccc23)C1=O. The van der Waals surface area contributed by atoms with E-state index in [4.69, 9.17) is 0 Å². The van der Waals surface area contributed by atoms with Crippen LogP contribution >= 0.6 is 0 Å². The summed E-state index contributed by atoms with van der Waals surface area (Å²) in [6, 6.07) is 18.3. The van der Waals surface area contributed by atoms with Gasteiger partial charge in [0.2, 0.25) is 11.8 Å². The van der Waals surface area contributed by atoms with Crippen LogP contribution in [0.25, 0.3) is 10.9 Å². The van der Waals surface area contributed by atoms with Crippen molar-refractivity contribution in [2.75, 3.05) is 7.05 Å². The summed E-state index contributed by atoms with van der Waals surface area (Å²) in [5.41, 5.74) is 3.24. The molecule has 0 N–H and O–H groups in total. The van der Waals surface area contributed by atoms with Gasteiger partial charge < -0.3 is 4.57 Å². The zero-order chi connectivity index (χ0) is 16.7. The van der Waals surface area contributed by atoms with E-state index in [1.165, 1.54) is 10.5 Å². The molecule has 2 amide bonds. The number of likely N-dealkylation sites (N-methyl/N-ethyl adjacent to an activating group) is 1. The molecule has 4 rings (SSSR count). The lowest BCUT2D eigenvalue weighted by Crippen LogP contribution is -2.25. The van der Waals surface area contributed by atoms with E-state index >= 15 is 0 Å². The maximum absolute atomic E-state index is 12.4. The number of aromatic nitrogens is 1. The number of carbonyl (C=O) groups is 2. The lowest BCUT2D eigenvalue weighted by atomic mass is 9.97. The molecule has 1 fully saturated rings. The monoisotopic (exact) mass is 318 g/mol. The first-order chi connectivity index (χ1) is 11.6. The van der Waals surface area contributed by atoms with Crippen LogP contribution < -0.4 is 0 Å². The average molecular weight is 318 g/mol. The molecule has 1 saturated heterocycles. The van der Waals surface area contributed by atoms with Crippen LogP contribution in [0.1, 0.15) is 23.5 Å². The minimum atomic E-state index is -0.371. The quantitative estimate of drug-likeness (QED) is 0.696. The number of nitrogens with zero attached hydrogens (tertiary/aromatic N) is 2. The van der Waals surface area contributed by atoms with E-state index in [0.29, 0.717) is 0 Å². The summed E-state index contributed by atoms with van der Waals surface area (Å²) in [6.07, 6.45) is 2.29. The maximum Gasteiger partial charge on any atom is 0.237 e. The summed E-state index contributed by atoms with van der Waals surface area (Å²) in [4.78, 5) is 25.6. The highest BCUT2D eigenvalue weighted by molar-refractivity contribution is 6.07. The first-order valence-electron chi connectivity index (χ1n) is 8.07. The number of amides is 2. The van der Waals surface area contributed by atoms with Crippen molar-refractivity contribution in [1.29, 1.82) is 0 Å². The van der Waals surface area contributed by atoms with E-state index in [9.17, 15) is 9.59 Å². The van der Waals surface area contributed by atoms with Crippen molar-refractivity contribution in [3.8, 4) is 0 Å². The molecule has 0 bridgehead atoms. The molecular formula is C20H18N2O2. The highest BCUT2D eigenvalue weighted by Gasteiger charge is 2.38. The maximum atomic E-state index is 12.4. The molecule has 0 unspecified atom stereocenters. The molecule has 1 aliphatic rings. The Labute approximate surface area is 140 Å². The van der Waals surface area contributed by atoms with Gasteiger partial charge in [-0.3, -0.25) is 14.5 Å². The zero-order valence-corrected chi connectivity index (χ0v) is 13.5. The first-order valence-corrected chi connectivity index (χ1v) is 8.07. The summed E-state index contributed by atoms with van der Waals surface area (Å²) in [5.74, 6) is -0.586. The van der Waals surface area contributed by atoms with E-state index < -0.39 is 0 Å². The molecule has 4 heteroatoms. The first kappa shape index (κ1) is 14.7. The highest BCUT2D eigenvalue weighted by Crippen LogP contribution is 2.35. The number of hydrogen-bond acceptors (Lipinski definition) is 2. The molecule has 0 spiro atoms. The number of imide groups is 1. The Morgan fingerprint density at radius 2 is 1.71 bits per heavy atom. The van der Waals surface area contributed by atoms with Crippen molar-refractivity contribution < 1.29 is 9.59 Å². The Bertz CT molecular complexity index is 927. The largest absolute Gasteiger partial charge is 0.343 e. The van der Waals surface area contributed by atoms with E-state index in [1.807, 2.05) is 42.6 Å². The van der Waals surface area contributed by atoms with E-state index in [-0.39, 0.29) is 24.2 Å². The molecule has 24 heavy (non-hydrogen) atoms. The number of hydrogen-bond donors (Lipinski definition) is 0.